The van der Waals surface area contributed by atoms with Gasteiger partial charge in [0.15, 0.2) is 0 Å². The Hall–Kier alpha value is -1.19. The van der Waals surface area contributed by atoms with E-state index in [0.717, 1.165) is 13.0 Å². The summed E-state index contributed by atoms with van der Waals surface area (Å²) in [5.74, 6) is 0.532. The quantitative estimate of drug-likeness (QED) is 0.921. The maximum absolute atomic E-state index is 4.62. The Kier molecular flexibility index (Phi) is 3.19. The van der Waals surface area contributed by atoms with Gasteiger partial charge in [0.1, 0.15) is 5.01 Å². The van der Waals surface area contributed by atoms with Gasteiger partial charge >= 0.3 is 0 Å². The van der Waals surface area contributed by atoms with Gasteiger partial charge in [-0.2, -0.15) is 0 Å². The zero-order valence-electron chi connectivity index (χ0n) is 11.7. The predicted molar refractivity (Wildman–Crippen MR) is 80.7 cm³/mol. The highest BCUT2D eigenvalue weighted by atomic mass is 32.1. The van der Waals surface area contributed by atoms with Crippen LogP contribution in [-0.2, 0) is 13.0 Å². The van der Waals surface area contributed by atoms with E-state index < -0.39 is 0 Å². The molecule has 1 aromatic heterocycles. The third-order valence-electron chi connectivity index (χ3n) is 3.52. The first-order chi connectivity index (χ1) is 9.03. The van der Waals surface area contributed by atoms with Gasteiger partial charge < -0.3 is 5.32 Å². The van der Waals surface area contributed by atoms with Gasteiger partial charge in [0.05, 0.1) is 0 Å². The number of nitrogens with zero attached hydrogens (tertiary/aromatic N) is 1. The van der Waals surface area contributed by atoms with Gasteiger partial charge in [0.2, 0.25) is 0 Å². The first kappa shape index (κ1) is 12.8. The Balaban J connectivity index is 1.70. The van der Waals surface area contributed by atoms with Crippen LogP contribution in [0.3, 0.4) is 0 Å². The SMILES string of the molecule is CC(C)(C)NCc1cnc(C2Cc3ccccc32)s1. The highest BCUT2D eigenvalue weighted by Gasteiger charge is 2.29. The van der Waals surface area contributed by atoms with Gasteiger partial charge in [-0.25, -0.2) is 4.98 Å². The van der Waals surface area contributed by atoms with E-state index in [1.54, 1.807) is 0 Å². The van der Waals surface area contributed by atoms with Crippen molar-refractivity contribution < 1.29 is 0 Å². The molecular weight excluding hydrogens is 252 g/mol. The molecule has 2 nitrogen and oxygen atoms in total. The average molecular weight is 272 g/mol. The molecule has 0 spiro atoms. The zero-order chi connectivity index (χ0) is 13.5. The molecule has 1 heterocycles. The van der Waals surface area contributed by atoms with E-state index in [0.29, 0.717) is 5.92 Å². The maximum atomic E-state index is 4.62. The number of nitrogens with one attached hydrogen (secondary N) is 1. The van der Waals surface area contributed by atoms with Crippen molar-refractivity contribution >= 4 is 11.3 Å². The summed E-state index contributed by atoms with van der Waals surface area (Å²) in [6.45, 7) is 7.49. The Morgan fingerprint density at radius 3 is 2.84 bits per heavy atom. The molecule has 0 radical (unpaired) electrons. The second-order valence-electron chi connectivity index (χ2n) is 6.22. The predicted octanol–water partition coefficient (Wildman–Crippen LogP) is 3.72. The van der Waals surface area contributed by atoms with Crippen molar-refractivity contribution in [3.05, 3.63) is 51.5 Å². The first-order valence-electron chi connectivity index (χ1n) is 6.80. The molecule has 0 saturated carbocycles. The molecule has 1 unspecified atom stereocenters. The molecule has 0 fully saturated rings. The third-order valence-corrected chi connectivity index (χ3v) is 4.63. The lowest BCUT2D eigenvalue weighted by molar-refractivity contribution is 0.426. The van der Waals surface area contributed by atoms with E-state index in [1.807, 2.05) is 17.5 Å². The lowest BCUT2D eigenvalue weighted by atomic mass is 9.78. The minimum Gasteiger partial charge on any atom is -0.307 e. The normalized spacial score (nSPS) is 17.9. The van der Waals surface area contributed by atoms with Gasteiger partial charge in [-0.1, -0.05) is 24.3 Å². The third kappa shape index (κ3) is 2.72. The van der Waals surface area contributed by atoms with E-state index >= 15 is 0 Å². The molecule has 100 valence electrons. The van der Waals surface area contributed by atoms with E-state index in [4.69, 9.17) is 0 Å². The molecule has 1 aliphatic carbocycles. The first-order valence-corrected chi connectivity index (χ1v) is 7.62. The topological polar surface area (TPSA) is 24.9 Å². The van der Waals surface area contributed by atoms with Crippen LogP contribution in [0.15, 0.2) is 30.5 Å². The summed E-state index contributed by atoms with van der Waals surface area (Å²) < 4.78 is 0. The summed E-state index contributed by atoms with van der Waals surface area (Å²) in [5.41, 5.74) is 3.11. The molecule has 1 aromatic carbocycles. The standard InChI is InChI=1S/C16H20N2S/c1-16(2,3)18-10-12-9-17-15(19-12)14-8-11-6-4-5-7-13(11)14/h4-7,9,14,18H,8,10H2,1-3H3. The van der Waals surface area contributed by atoms with Crippen molar-refractivity contribution in [1.29, 1.82) is 0 Å². The van der Waals surface area contributed by atoms with Crippen LogP contribution in [0.2, 0.25) is 0 Å². The lowest BCUT2D eigenvalue weighted by Crippen LogP contribution is -2.34. The molecule has 3 heteroatoms. The van der Waals surface area contributed by atoms with Crippen LogP contribution < -0.4 is 5.32 Å². The highest BCUT2D eigenvalue weighted by molar-refractivity contribution is 7.11. The molecule has 0 bridgehead atoms. The van der Waals surface area contributed by atoms with Crippen LogP contribution in [0.1, 0.15) is 47.7 Å². The minimum absolute atomic E-state index is 0.160. The Bertz CT molecular complexity index is 580. The second-order valence-corrected chi connectivity index (χ2v) is 7.37. The molecule has 0 saturated heterocycles. The molecule has 1 aliphatic rings. The summed E-state index contributed by atoms with van der Waals surface area (Å²) in [5, 5.41) is 4.78. The van der Waals surface area contributed by atoms with Crippen LogP contribution in [0.5, 0.6) is 0 Å². The number of hydrogen-bond donors (Lipinski definition) is 1. The van der Waals surface area contributed by atoms with Crippen LogP contribution in [0, 0.1) is 0 Å². The minimum atomic E-state index is 0.160. The fraction of sp³-hybridized carbons (Fsp3) is 0.438. The molecule has 3 rings (SSSR count). The number of benzene rings is 1. The van der Waals surface area contributed by atoms with Crippen molar-refractivity contribution in [3.8, 4) is 0 Å². The fourth-order valence-electron chi connectivity index (χ4n) is 2.40. The van der Waals surface area contributed by atoms with Crippen LogP contribution in [-0.4, -0.2) is 10.5 Å². The summed E-state index contributed by atoms with van der Waals surface area (Å²) >= 11 is 1.85. The van der Waals surface area contributed by atoms with Gasteiger partial charge in [-0.05, 0) is 38.3 Å². The van der Waals surface area contributed by atoms with Gasteiger partial charge in [0, 0.05) is 29.1 Å². The largest absolute Gasteiger partial charge is 0.307 e. The molecule has 0 amide bonds. The van der Waals surface area contributed by atoms with Crippen LogP contribution in [0.25, 0.3) is 0 Å². The van der Waals surface area contributed by atoms with Gasteiger partial charge in [0.25, 0.3) is 0 Å². The monoisotopic (exact) mass is 272 g/mol. The molecular formula is C16H20N2S. The fourth-order valence-corrected chi connectivity index (χ4v) is 3.37. The summed E-state index contributed by atoms with van der Waals surface area (Å²) in [6, 6.07) is 8.70. The zero-order valence-corrected chi connectivity index (χ0v) is 12.6. The Morgan fingerprint density at radius 1 is 1.32 bits per heavy atom. The number of aromatic nitrogens is 1. The van der Waals surface area contributed by atoms with Crippen molar-refractivity contribution in [2.45, 2.75) is 45.2 Å². The smallest absolute Gasteiger partial charge is 0.101 e. The van der Waals surface area contributed by atoms with Gasteiger partial charge in [-0.15, -0.1) is 11.3 Å². The molecule has 1 atom stereocenters. The summed E-state index contributed by atoms with van der Waals surface area (Å²) in [4.78, 5) is 5.94. The van der Waals surface area contributed by atoms with Crippen LogP contribution >= 0.6 is 11.3 Å². The maximum Gasteiger partial charge on any atom is 0.101 e. The molecule has 0 aliphatic heterocycles. The Morgan fingerprint density at radius 2 is 2.11 bits per heavy atom. The molecule has 2 aromatic rings. The average Bonchev–Trinajstić information content (AvgIpc) is 2.76. The van der Waals surface area contributed by atoms with Crippen molar-refractivity contribution in [3.63, 3.8) is 0 Å². The summed E-state index contributed by atoms with van der Waals surface area (Å²) in [6.07, 6.45) is 3.18. The number of thiazole rings is 1. The number of fused-ring (bicyclic) bond motifs is 1. The van der Waals surface area contributed by atoms with E-state index in [1.165, 1.54) is 21.0 Å². The number of rotatable bonds is 3. The highest BCUT2D eigenvalue weighted by Crippen LogP contribution is 2.41. The molecule has 1 N–H and O–H groups in total. The van der Waals surface area contributed by atoms with E-state index in [9.17, 15) is 0 Å². The van der Waals surface area contributed by atoms with Crippen LogP contribution in [0.4, 0.5) is 0 Å². The van der Waals surface area contributed by atoms with Crippen molar-refractivity contribution in [2.75, 3.05) is 0 Å². The van der Waals surface area contributed by atoms with Crippen molar-refractivity contribution in [2.24, 2.45) is 0 Å². The lowest BCUT2D eigenvalue weighted by Gasteiger charge is -2.28. The molecule has 19 heavy (non-hydrogen) atoms. The number of hydrogen-bond acceptors (Lipinski definition) is 3. The summed E-state index contributed by atoms with van der Waals surface area (Å²) in [7, 11) is 0. The Labute approximate surface area is 118 Å². The van der Waals surface area contributed by atoms with E-state index in [2.05, 4.69) is 55.3 Å². The second kappa shape index (κ2) is 4.73. The van der Waals surface area contributed by atoms with Crippen molar-refractivity contribution in [1.82, 2.24) is 10.3 Å². The van der Waals surface area contributed by atoms with E-state index in [-0.39, 0.29) is 5.54 Å². The van der Waals surface area contributed by atoms with Gasteiger partial charge in [-0.3, -0.25) is 0 Å².